The fraction of sp³-hybridized carbons (Fsp3) is 0.269. The van der Waals surface area contributed by atoms with E-state index in [1.54, 1.807) is 6.92 Å². The first kappa shape index (κ1) is 26.9. The van der Waals surface area contributed by atoms with Crippen LogP contribution in [-0.4, -0.2) is 30.8 Å². The maximum Gasteiger partial charge on any atom is 0.355 e. The third-order valence-electron chi connectivity index (χ3n) is 6.18. The predicted molar refractivity (Wildman–Crippen MR) is 133 cm³/mol. The molecule has 198 valence electrons. The van der Waals surface area contributed by atoms with Gasteiger partial charge in [-0.05, 0) is 33.8 Å². The van der Waals surface area contributed by atoms with Crippen LogP contribution in [0.3, 0.4) is 0 Å². The number of aromatic nitrogens is 4. The molecule has 1 aliphatic rings. The van der Waals surface area contributed by atoms with Gasteiger partial charge in [-0.1, -0.05) is 0 Å². The monoisotopic (exact) mass is 525 g/mol. The largest absolute Gasteiger partial charge is 0.614 e. The average Bonchev–Trinajstić information content (AvgIpc) is 2.85. The number of hydroxylamine groups is 2. The van der Waals surface area contributed by atoms with Crippen LogP contribution in [0.2, 0.25) is 0 Å². The van der Waals surface area contributed by atoms with E-state index >= 15 is 0 Å². The summed E-state index contributed by atoms with van der Waals surface area (Å²) in [5.41, 5.74) is -1.79. The van der Waals surface area contributed by atoms with E-state index in [4.69, 9.17) is 4.74 Å². The van der Waals surface area contributed by atoms with Gasteiger partial charge in [0, 0.05) is 43.1 Å². The number of hydrogen-bond acceptors (Lipinski definition) is 8. The van der Waals surface area contributed by atoms with Gasteiger partial charge in [0.25, 0.3) is 5.56 Å². The van der Waals surface area contributed by atoms with Crippen molar-refractivity contribution in [3.8, 4) is 5.82 Å². The van der Waals surface area contributed by atoms with E-state index in [0.29, 0.717) is 11.6 Å². The summed E-state index contributed by atoms with van der Waals surface area (Å²) in [4.78, 5) is 34.3. The zero-order valence-electron chi connectivity index (χ0n) is 21.3. The Morgan fingerprint density at radius 3 is 2.50 bits per heavy atom. The topological polar surface area (TPSA) is 130 Å². The molecule has 38 heavy (non-hydrogen) atoms. The highest BCUT2D eigenvalue weighted by atomic mass is 19.1. The van der Waals surface area contributed by atoms with Crippen molar-refractivity contribution in [1.29, 1.82) is 0 Å². The van der Waals surface area contributed by atoms with Gasteiger partial charge < -0.3 is 15.1 Å². The normalized spacial score (nSPS) is 18.0. The number of aryl methyl sites for hydroxylation is 1. The summed E-state index contributed by atoms with van der Waals surface area (Å²) in [7, 11) is 0. The van der Waals surface area contributed by atoms with E-state index < -0.39 is 33.3 Å². The molecule has 1 amide bonds. The van der Waals surface area contributed by atoms with Crippen LogP contribution in [0.25, 0.3) is 5.82 Å². The third-order valence-corrected chi connectivity index (χ3v) is 6.18. The molecule has 0 radical (unpaired) electrons. The molecular formula is C26H25F2N5O5. The van der Waals surface area contributed by atoms with Crippen molar-refractivity contribution in [2.24, 2.45) is 0 Å². The van der Waals surface area contributed by atoms with Crippen molar-refractivity contribution in [2.75, 3.05) is 0 Å². The maximum atomic E-state index is 14.2. The van der Waals surface area contributed by atoms with Crippen LogP contribution in [0.5, 0.6) is 0 Å². The summed E-state index contributed by atoms with van der Waals surface area (Å²) in [5, 5.41) is 28.5. The summed E-state index contributed by atoms with van der Waals surface area (Å²) in [5.74, 6) is -2.58. The third kappa shape index (κ3) is 4.64. The number of amides is 1. The van der Waals surface area contributed by atoms with E-state index in [0.717, 1.165) is 10.9 Å². The van der Waals surface area contributed by atoms with Crippen LogP contribution in [0.1, 0.15) is 44.5 Å². The van der Waals surface area contributed by atoms with Gasteiger partial charge in [0.1, 0.15) is 29.6 Å². The minimum atomic E-state index is -1.51. The van der Waals surface area contributed by atoms with Gasteiger partial charge in [0.05, 0.1) is 22.9 Å². The van der Waals surface area contributed by atoms with Gasteiger partial charge in [-0.2, -0.15) is 9.78 Å². The van der Waals surface area contributed by atoms with Crippen molar-refractivity contribution in [3.63, 3.8) is 0 Å². The Morgan fingerprint density at radius 2 is 1.84 bits per heavy atom. The molecule has 0 aromatic carbocycles. The Labute approximate surface area is 216 Å². The van der Waals surface area contributed by atoms with Crippen LogP contribution in [0.4, 0.5) is 14.5 Å². The second-order valence-corrected chi connectivity index (χ2v) is 9.41. The van der Waals surface area contributed by atoms with Crippen LogP contribution < -0.4 is 10.2 Å². The number of allylic oxidation sites excluding steroid dienone is 2. The molecular weight excluding hydrogens is 500 g/mol. The summed E-state index contributed by atoms with van der Waals surface area (Å²) in [6.45, 7) is 6.96. The smallest absolute Gasteiger partial charge is 0.355 e. The quantitative estimate of drug-likeness (QED) is 0.382. The van der Waals surface area contributed by atoms with Crippen molar-refractivity contribution < 1.29 is 23.4 Å². The first-order valence-corrected chi connectivity index (χ1v) is 11.5. The molecule has 12 heteroatoms. The van der Waals surface area contributed by atoms with E-state index in [2.05, 4.69) is 15.1 Å². The van der Waals surface area contributed by atoms with E-state index in [-0.39, 0.29) is 46.4 Å². The zero-order valence-corrected chi connectivity index (χ0v) is 21.3. The minimum Gasteiger partial charge on any atom is -0.614 e. The molecule has 3 aromatic rings. The SMILES string of the molecule is CC1=CC(OCc2ncc(F)cc2F)=C(C)C(=O)[N+]1([O-])c1cc(-n2nccc(C(C)(C)O)c2=O)ncc1C. The number of halogens is 2. The van der Waals surface area contributed by atoms with Gasteiger partial charge in [-0.3, -0.25) is 9.78 Å². The summed E-state index contributed by atoms with van der Waals surface area (Å²) in [6.07, 6.45) is 4.88. The highest BCUT2D eigenvalue weighted by Crippen LogP contribution is 2.38. The molecule has 0 saturated heterocycles. The molecule has 1 unspecified atom stereocenters. The maximum absolute atomic E-state index is 14.2. The van der Waals surface area contributed by atoms with Crippen LogP contribution >= 0.6 is 0 Å². The molecule has 1 atom stereocenters. The van der Waals surface area contributed by atoms with Gasteiger partial charge in [0.2, 0.25) is 0 Å². The van der Waals surface area contributed by atoms with E-state index in [1.807, 2.05) is 0 Å². The van der Waals surface area contributed by atoms with E-state index in [9.17, 15) is 28.7 Å². The number of pyridine rings is 2. The van der Waals surface area contributed by atoms with Crippen molar-refractivity contribution in [1.82, 2.24) is 24.4 Å². The minimum absolute atomic E-state index is 0.000701. The lowest BCUT2D eigenvalue weighted by Crippen LogP contribution is -2.50. The Kier molecular flexibility index (Phi) is 6.82. The lowest BCUT2D eigenvalue weighted by Gasteiger charge is -2.42. The zero-order chi connectivity index (χ0) is 28.0. The Balaban J connectivity index is 1.72. The molecule has 10 nitrogen and oxygen atoms in total. The highest BCUT2D eigenvalue weighted by Gasteiger charge is 2.41. The summed E-state index contributed by atoms with van der Waals surface area (Å²) < 4.78 is 32.1. The molecule has 4 rings (SSSR count). The molecule has 0 bridgehead atoms. The second kappa shape index (κ2) is 9.63. The lowest BCUT2D eigenvalue weighted by molar-refractivity contribution is -0.123. The van der Waals surface area contributed by atoms with E-state index in [1.165, 1.54) is 58.3 Å². The molecule has 1 aliphatic heterocycles. The Hall–Kier alpha value is -4.13. The Morgan fingerprint density at radius 1 is 1.13 bits per heavy atom. The highest BCUT2D eigenvalue weighted by molar-refractivity contribution is 6.05. The Bertz CT molecular complexity index is 1570. The number of nitrogens with zero attached hydrogens (tertiary/aromatic N) is 5. The number of ether oxygens (including phenoxy) is 1. The number of rotatable bonds is 6. The summed E-state index contributed by atoms with van der Waals surface area (Å²) in [6, 6.07) is 3.36. The average molecular weight is 526 g/mol. The van der Waals surface area contributed by atoms with Crippen LogP contribution in [-0.2, 0) is 21.7 Å². The van der Waals surface area contributed by atoms with Gasteiger partial charge in [-0.25, -0.2) is 23.2 Å². The molecule has 4 heterocycles. The summed E-state index contributed by atoms with van der Waals surface area (Å²) >= 11 is 0. The number of quaternary nitrogens is 1. The van der Waals surface area contributed by atoms with Gasteiger partial charge in [-0.15, -0.1) is 0 Å². The lowest BCUT2D eigenvalue weighted by atomic mass is 10.0. The van der Waals surface area contributed by atoms with Crippen molar-refractivity contribution >= 4 is 11.6 Å². The first-order valence-electron chi connectivity index (χ1n) is 11.5. The predicted octanol–water partition coefficient (Wildman–Crippen LogP) is 3.58. The fourth-order valence-corrected chi connectivity index (χ4v) is 4.03. The molecule has 0 fully saturated rings. The van der Waals surface area contributed by atoms with Crippen molar-refractivity contribution in [3.05, 3.63) is 104 Å². The van der Waals surface area contributed by atoms with Gasteiger partial charge in [0.15, 0.2) is 17.3 Å². The number of carbonyl (C=O) groups excluding carboxylic acids is 1. The van der Waals surface area contributed by atoms with Crippen LogP contribution in [0, 0.1) is 23.8 Å². The second-order valence-electron chi connectivity index (χ2n) is 9.41. The molecule has 1 N–H and O–H groups in total. The molecule has 3 aromatic heterocycles. The number of aliphatic hydroxyl groups is 1. The molecule has 0 saturated carbocycles. The first-order chi connectivity index (χ1) is 17.7. The molecule has 0 aliphatic carbocycles. The number of carbonyl (C=O) groups is 1. The van der Waals surface area contributed by atoms with Gasteiger partial charge >= 0.3 is 5.91 Å². The van der Waals surface area contributed by atoms with Crippen LogP contribution in [0.15, 0.2) is 64.7 Å². The fourth-order valence-electron chi connectivity index (χ4n) is 4.03. The number of hydrogen-bond donors (Lipinski definition) is 1. The molecule has 0 spiro atoms. The standard InChI is InChI=1S/C26H25F2N5O5/c1-14-11-30-23(32-24(34)18(6-7-31-32)26(4,5)36)10-21(14)33(37)15(2)8-22(16(3)25(33)35)38-13-20-19(28)9-17(27)12-29-20/h6-12,36H,13H2,1-5H3. The van der Waals surface area contributed by atoms with Crippen molar-refractivity contribution in [2.45, 2.75) is 46.8 Å².